The third-order valence-electron chi connectivity index (χ3n) is 2.99. The van der Waals surface area contributed by atoms with E-state index in [0.29, 0.717) is 0 Å². The first kappa shape index (κ1) is 16.7. The fourth-order valence-electron chi connectivity index (χ4n) is 1.81. The lowest BCUT2D eigenvalue weighted by molar-refractivity contribution is 0.244. The highest BCUT2D eigenvalue weighted by Gasteiger charge is 2.06. The Labute approximate surface area is 135 Å². The van der Waals surface area contributed by atoms with Gasteiger partial charge in [0.25, 0.3) is 0 Å². The molecule has 0 heterocycles. The summed E-state index contributed by atoms with van der Waals surface area (Å²) in [6.45, 7) is 0.274. The molecule has 0 aliphatic carbocycles. The Bertz CT molecular complexity index is 785. The summed E-state index contributed by atoms with van der Waals surface area (Å²) in [6, 6.07) is 15.2. The van der Waals surface area contributed by atoms with Crippen molar-refractivity contribution in [2.75, 3.05) is 0 Å². The number of carbonyl (C=O) groups is 1. The van der Waals surface area contributed by atoms with Gasteiger partial charge in [0.2, 0.25) is 10.0 Å². The number of sulfonamides is 1. The molecule has 0 saturated carbocycles. The summed E-state index contributed by atoms with van der Waals surface area (Å²) in [6.07, 6.45) is 3.33. The molecule has 0 radical (unpaired) electrons. The van der Waals surface area contributed by atoms with Crippen molar-refractivity contribution in [3.63, 3.8) is 0 Å². The fraction of sp³-hybridized carbons (Fsp3) is 0.0625. The number of nitrogens with one attached hydrogen (secondary N) is 2. The van der Waals surface area contributed by atoms with Crippen LogP contribution < -0.4 is 15.8 Å². The van der Waals surface area contributed by atoms with Gasteiger partial charge in [-0.1, -0.05) is 42.5 Å². The minimum absolute atomic E-state index is 0.0384. The van der Waals surface area contributed by atoms with Crippen molar-refractivity contribution in [2.45, 2.75) is 11.4 Å². The highest BCUT2D eigenvalue weighted by Crippen LogP contribution is 2.08. The maximum atomic E-state index is 11.6. The molecule has 0 saturated heterocycles. The molecule has 7 heteroatoms. The standard InChI is InChI=1S/C16H17N3O3S/c17-23(21,22)15-8-6-14(7-9-15)12-19-16(20)18-11-10-13-4-2-1-3-5-13/h1-11H,12H2,(H2,17,21,22)(H2,18,19,20)/b11-10+. The van der Waals surface area contributed by atoms with Gasteiger partial charge in [-0.3, -0.25) is 0 Å². The highest BCUT2D eigenvalue weighted by molar-refractivity contribution is 7.89. The number of urea groups is 1. The Kier molecular flexibility index (Phi) is 5.51. The van der Waals surface area contributed by atoms with E-state index in [9.17, 15) is 13.2 Å². The van der Waals surface area contributed by atoms with Gasteiger partial charge in [0.15, 0.2) is 0 Å². The lowest BCUT2D eigenvalue weighted by atomic mass is 10.2. The maximum Gasteiger partial charge on any atom is 0.319 e. The SMILES string of the molecule is NS(=O)(=O)c1ccc(CNC(=O)N/C=C/c2ccccc2)cc1. The van der Waals surface area contributed by atoms with Crippen molar-refractivity contribution < 1.29 is 13.2 Å². The van der Waals surface area contributed by atoms with Crippen LogP contribution in [0.25, 0.3) is 6.08 Å². The van der Waals surface area contributed by atoms with Crippen LogP contribution in [0.5, 0.6) is 0 Å². The number of hydrogen-bond acceptors (Lipinski definition) is 3. The summed E-state index contributed by atoms with van der Waals surface area (Å²) < 4.78 is 22.3. The predicted octanol–water partition coefficient (Wildman–Crippen LogP) is 1.80. The van der Waals surface area contributed by atoms with Crippen molar-refractivity contribution in [1.29, 1.82) is 0 Å². The van der Waals surface area contributed by atoms with Gasteiger partial charge in [0, 0.05) is 12.7 Å². The van der Waals surface area contributed by atoms with Gasteiger partial charge < -0.3 is 10.6 Å². The smallest absolute Gasteiger partial charge is 0.319 e. The topological polar surface area (TPSA) is 101 Å². The summed E-state index contributed by atoms with van der Waals surface area (Å²) in [4.78, 5) is 11.7. The summed E-state index contributed by atoms with van der Waals surface area (Å²) in [7, 11) is -3.70. The van der Waals surface area contributed by atoms with Gasteiger partial charge in [0.1, 0.15) is 0 Å². The lowest BCUT2D eigenvalue weighted by Crippen LogP contribution is -2.31. The van der Waals surface area contributed by atoms with E-state index >= 15 is 0 Å². The van der Waals surface area contributed by atoms with E-state index in [0.717, 1.165) is 11.1 Å². The molecule has 2 amide bonds. The van der Waals surface area contributed by atoms with Crippen molar-refractivity contribution in [3.8, 4) is 0 Å². The first-order chi connectivity index (χ1) is 10.9. The molecule has 0 aliphatic heterocycles. The molecule has 0 aliphatic rings. The molecule has 2 aromatic rings. The predicted molar refractivity (Wildman–Crippen MR) is 88.7 cm³/mol. The summed E-state index contributed by atoms with van der Waals surface area (Å²) >= 11 is 0. The van der Waals surface area contributed by atoms with Crippen LogP contribution in [0.1, 0.15) is 11.1 Å². The van der Waals surface area contributed by atoms with E-state index in [1.54, 1.807) is 24.4 Å². The first-order valence-electron chi connectivity index (χ1n) is 6.83. The molecule has 0 bridgehead atoms. The molecule has 4 N–H and O–H groups in total. The van der Waals surface area contributed by atoms with Crippen LogP contribution in [0.15, 0.2) is 65.7 Å². The van der Waals surface area contributed by atoms with Gasteiger partial charge in [-0.05, 0) is 29.3 Å². The molecule has 0 fully saturated rings. The van der Waals surface area contributed by atoms with E-state index in [1.165, 1.54) is 12.1 Å². The van der Waals surface area contributed by atoms with E-state index < -0.39 is 10.0 Å². The zero-order valence-corrected chi connectivity index (χ0v) is 13.1. The number of benzene rings is 2. The van der Waals surface area contributed by atoms with Crippen LogP contribution in [0, 0.1) is 0 Å². The number of rotatable bonds is 5. The molecular weight excluding hydrogens is 314 g/mol. The van der Waals surface area contributed by atoms with E-state index in [1.807, 2.05) is 30.3 Å². The zero-order chi connectivity index (χ0) is 16.7. The van der Waals surface area contributed by atoms with E-state index in [4.69, 9.17) is 5.14 Å². The molecule has 2 aromatic carbocycles. The van der Waals surface area contributed by atoms with Gasteiger partial charge in [-0.15, -0.1) is 0 Å². The molecule has 0 spiro atoms. The number of carbonyl (C=O) groups excluding carboxylic acids is 1. The monoisotopic (exact) mass is 331 g/mol. The second kappa shape index (κ2) is 7.57. The largest absolute Gasteiger partial charge is 0.334 e. The van der Waals surface area contributed by atoms with Crippen LogP contribution in [0.3, 0.4) is 0 Å². The van der Waals surface area contributed by atoms with Crippen LogP contribution in [0.2, 0.25) is 0 Å². The number of primary sulfonamides is 1. The molecule has 23 heavy (non-hydrogen) atoms. The summed E-state index contributed by atoms with van der Waals surface area (Å²) in [5.41, 5.74) is 1.74. The zero-order valence-electron chi connectivity index (χ0n) is 12.3. The maximum absolute atomic E-state index is 11.6. The van der Waals surface area contributed by atoms with Crippen LogP contribution in [-0.4, -0.2) is 14.4 Å². The molecule has 0 atom stereocenters. The molecular formula is C16H17N3O3S. The quantitative estimate of drug-likeness (QED) is 0.778. The second-order valence-electron chi connectivity index (χ2n) is 4.76. The van der Waals surface area contributed by atoms with Gasteiger partial charge in [-0.25, -0.2) is 18.4 Å². The third kappa shape index (κ3) is 5.57. The summed E-state index contributed by atoms with van der Waals surface area (Å²) in [5, 5.41) is 10.3. The average molecular weight is 331 g/mol. The summed E-state index contributed by atoms with van der Waals surface area (Å²) in [5.74, 6) is 0. The normalized spacial score (nSPS) is 11.3. The Balaban J connectivity index is 1.81. The van der Waals surface area contributed by atoms with E-state index in [2.05, 4.69) is 10.6 Å². The minimum Gasteiger partial charge on any atom is -0.334 e. The van der Waals surface area contributed by atoms with E-state index in [-0.39, 0.29) is 17.5 Å². The van der Waals surface area contributed by atoms with Crippen molar-refractivity contribution in [3.05, 3.63) is 71.9 Å². The van der Waals surface area contributed by atoms with Gasteiger partial charge >= 0.3 is 6.03 Å². The molecule has 2 rings (SSSR count). The van der Waals surface area contributed by atoms with Crippen LogP contribution in [-0.2, 0) is 16.6 Å². The molecule has 120 valence electrons. The minimum atomic E-state index is -3.70. The van der Waals surface area contributed by atoms with Crippen molar-refractivity contribution >= 4 is 22.1 Å². The lowest BCUT2D eigenvalue weighted by Gasteiger charge is -2.05. The van der Waals surface area contributed by atoms with Gasteiger partial charge in [-0.2, -0.15) is 0 Å². The molecule has 0 aromatic heterocycles. The number of nitrogens with two attached hydrogens (primary N) is 1. The van der Waals surface area contributed by atoms with Gasteiger partial charge in [0.05, 0.1) is 4.90 Å². The molecule has 0 unspecified atom stereocenters. The van der Waals surface area contributed by atoms with Crippen LogP contribution >= 0.6 is 0 Å². The van der Waals surface area contributed by atoms with Crippen molar-refractivity contribution in [2.24, 2.45) is 5.14 Å². The Morgan fingerprint density at radius 2 is 1.70 bits per heavy atom. The highest BCUT2D eigenvalue weighted by atomic mass is 32.2. The Morgan fingerprint density at radius 1 is 1.04 bits per heavy atom. The van der Waals surface area contributed by atoms with Crippen LogP contribution in [0.4, 0.5) is 4.79 Å². The Morgan fingerprint density at radius 3 is 2.30 bits per heavy atom. The molecule has 6 nitrogen and oxygen atoms in total. The Hall–Kier alpha value is -2.64. The number of amides is 2. The number of hydrogen-bond donors (Lipinski definition) is 3. The first-order valence-corrected chi connectivity index (χ1v) is 8.37. The van der Waals surface area contributed by atoms with Crippen molar-refractivity contribution in [1.82, 2.24) is 10.6 Å². The fourth-order valence-corrected chi connectivity index (χ4v) is 2.32. The second-order valence-corrected chi connectivity index (χ2v) is 6.32. The average Bonchev–Trinajstić information content (AvgIpc) is 2.53. The third-order valence-corrected chi connectivity index (χ3v) is 3.92.